The third kappa shape index (κ3) is 5.18. The van der Waals surface area contributed by atoms with E-state index in [1.807, 2.05) is 53.3 Å². The monoisotopic (exact) mass is 471 g/mol. The summed E-state index contributed by atoms with van der Waals surface area (Å²) in [6.45, 7) is 4.56. The molecule has 0 unspecified atom stereocenters. The van der Waals surface area contributed by atoms with Gasteiger partial charge in [-0.05, 0) is 29.8 Å². The Morgan fingerprint density at radius 2 is 1.71 bits per heavy atom. The zero-order valence-corrected chi connectivity index (χ0v) is 19.8. The highest BCUT2D eigenvalue weighted by Gasteiger charge is 2.21. The number of rotatable bonds is 8. The molecular formula is C26H29N7O2. The van der Waals surface area contributed by atoms with Gasteiger partial charge in [-0.2, -0.15) is 5.10 Å². The van der Waals surface area contributed by atoms with Crippen LogP contribution in [-0.4, -0.2) is 65.5 Å². The number of piperazine rings is 1. The molecule has 3 heterocycles. The van der Waals surface area contributed by atoms with Gasteiger partial charge in [-0.15, -0.1) is 0 Å². The number of anilines is 2. The predicted molar refractivity (Wildman–Crippen MR) is 136 cm³/mol. The minimum Gasteiger partial charge on any atom is -0.497 e. The average molecular weight is 472 g/mol. The maximum absolute atomic E-state index is 12.2. The van der Waals surface area contributed by atoms with Crippen molar-refractivity contribution in [1.82, 2.24) is 25.1 Å². The molecule has 1 fully saturated rings. The van der Waals surface area contributed by atoms with Gasteiger partial charge in [0.1, 0.15) is 17.9 Å². The summed E-state index contributed by atoms with van der Waals surface area (Å²) in [5, 5.41) is 8.43. The van der Waals surface area contributed by atoms with Crippen molar-refractivity contribution in [3.8, 4) is 5.75 Å². The van der Waals surface area contributed by atoms with Crippen molar-refractivity contribution in [3.05, 3.63) is 72.7 Å². The number of carbonyl (C=O) groups is 1. The van der Waals surface area contributed by atoms with E-state index in [-0.39, 0.29) is 5.91 Å². The Labute approximate surface area is 204 Å². The average Bonchev–Trinajstić information content (AvgIpc) is 3.33. The Balaban J connectivity index is 1.19. The number of hydrogen-bond acceptors (Lipinski definition) is 7. The van der Waals surface area contributed by atoms with Gasteiger partial charge in [-0.1, -0.05) is 30.3 Å². The van der Waals surface area contributed by atoms with E-state index in [4.69, 9.17) is 4.74 Å². The Bertz CT molecular complexity index is 1270. The first-order valence-corrected chi connectivity index (χ1v) is 11.8. The molecule has 0 saturated carbocycles. The molecule has 1 amide bonds. The molecule has 2 aromatic carbocycles. The van der Waals surface area contributed by atoms with Crippen LogP contribution in [0.2, 0.25) is 0 Å². The fraction of sp³-hybridized carbons (Fsp3) is 0.308. The number of ether oxygens (including phenoxy) is 1. The molecule has 1 N–H and O–H groups in total. The molecule has 1 saturated heterocycles. The highest BCUT2D eigenvalue weighted by Crippen LogP contribution is 2.26. The highest BCUT2D eigenvalue weighted by atomic mass is 16.5. The molecule has 0 atom stereocenters. The summed E-state index contributed by atoms with van der Waals surface area (Å²) in [6.07, 6.45) is 3.79. The number of fused-ring (bicyclic) bond motifs is 1. The van der Waals surface area contributed by atoms with E-state index in [0.29, 0.717) is 19.5 Å². The maximum Gasteiger partial charge on any atom is 0.224 e. The van der Waals surface area contributed by atoms with Gasteiger partial charge >= 0.3 is 0 Å². The van der Waals surface area contributed by atoms with Crippen LogP contribution in [0.3, 0.4) is 0 Å². The van der Waals surface area contributed by atoms with Crippen LogP contribution in [0.1, 0.15) is 5.56 Å². The van der Waals surface area contributed by atoms with Gasteiger partial charge in [0.15, 0.2) is 5.65 Å². The van der Waals surface area contributed by atoms with Crippen LogP contribution in [-0.2, 0) is 17.8 Å². The van der Waals surface area contributed by atoms with Crippen LogP contribution in [0.5, 0.6) is 5.75 Å². The lowest BCUT2D eigenvalue weighted by Gasteiger charge is -2.36. The van der Waals surface area contributed by atoms with Crippen LogP contribution >= 0.6 is 0 Å². The third-order valence-corrected chi connectivity index (χ3v) is 6.28. The minimum absolute atomic E-state index is 0.00212. The second kappa shape index (κ2) is 10.4. The topological polar surface area (TPSA) is 88.4 Å². The van der Waals surface area contributed by atoms with Crippen molar-refractivity contribution in [2.45, 2.75) is 13.0 Å². The first-order valence-electron chi connectivity index (χ1n) is 11.8. The summed E-state index contributed by atoms with van der Waals surface area (Å²) < 4.78 is 7.10. The Morgan fingerprint density at radius 1 is 0.971 bits per heavy atom. The van der Waals surface area contributed by atoms with Gasteiger partial charge in [0.2, 0.25) is 5.91 Å². The van der Waals surface area contributed by atoms with Gasteiger partial charge in [0.25, 0.3) is 0 Å². The molecule has 0 radical (unpaired) electrons. The summed E-state index contributed by atoms with van der Waals surface area (Å²) >= 11 is 0. The maximum atomic E-state index is 12.2. The number of benzene rings is 2. The van der Waals surface area contributed by atoms with Crippen molar-refractivity contribution in [2.24, 2.45) is 0 Å². The molecule has 9 nitrogen and oxygen atoms in total. The number of amides is 1. The van der Waals surface area contributed by atoms with Crippen molar-refractivity contribution in [3.63, 3.8) is 0 Å². The van der Waals surface area contributed by atoms with E-state index < -0.39 is 0 Å². The van der Waals surface area contributed by atoms with Gasteiger partial charge in [0, 0.05) is 38.4 Å². The molecule has 0 spiro atoms. The number of hydrogen-bond donors (Lipinski definition) is 1. The Morgan fingerprint density at radius 3 is 2.46 bits per heavy atom. The highest BCUT2D eigenvalue weighted by molar-refractivity contribution is 5.86. The molecule has 5 rings (SSSR count). The fourth-order valence-electron chi connectivity index (χ4n) is 4.41. The number of aromatic nitrogens is 4. The fourth-order valence-corrected chi connectivity index (χ4v) is 4.41. The smallest absolute Gasteiger partial charge is 0.224 e. The second-order valence-corrected chi connectivity index (χ2v) is 8.49. The molecule has 1 aliphatic rings. The summed E-state index contributed by atoms with van der Waals surface area (Å²) in [7, 11) is 1.68. The molecule has 9 heteroatoms. The number of nitrogens with one attached hydrogen (secondary N) is 1. The quantitative estimate of drug-likeness (QED) is 0.422. The molecule has 1 aliphatic heterocycles. The van der Waals surface area contributed by atoms with Gasteiger partial charge in [0.05, 0.1) is 31.7 Å². The first kappa shape index (κ1) is 22.6. The molecule has 180 valence electrons. The third-order valence-electron chi connectivity index (χ3n) is 6.28. The largest absolute Gasteiger partial charge is 0.497 e. The Hall–Kier alpha value is -4.14. The van der Waals surface area contributed by atoms with Gasteiger partial charge in [-0.25, -0.2) is 14.6 Å². The van der Waals surface area contributed by atoms with Crippen LogP contribution in [0, 0.1) is 0 Å². The lowest BCUT2D eigenvalue weighted by molar-refractivity contribution is -0.120. The van der Waals surface area contributed by atoms with Crippen molar-refractivity contribution < 1.29 is 9.53 Å². The molecule has 4 aromatic rings. The second-order valence-electron chi connectivity index (χ2n) is 8.49. The van der Waals surface area contributed by atoms with Crippen LogP contribution in [0.4, 0.5) is 11.5 Å². The van der Waals surface area contributed by atoms with Crippen LogP contribution in [0.15, 0.2) is 67.1 Å². The molecule has 35 heavy (non-hydrogen) atoms. The minimum atomic E-state index is -0.00212. The predicted octanol–water partition coefficient (Wildman–Crippen LogP) is 2.52. The molecule has 0 aliphatic carbocycles. The van der Waals surface area contributed by atoms with E-state index in [1.165, 1.54) is 5.69 Å². The zero-order chi connectivity index (χ0) is 24.0. The summed E-state index contributed by atoms with van der Waals surface area (Å²) in [5.74, 6) is 1.77. The van der Waals surface area contributed by atoms with Crippen LogP contribution in [0.25, 0.3) is 11.0 Å². The number of methoxy groups -OCH3 is 1. The normalized spacial score (nSPS) is 13.7. The van der Waals surface area contributed by atoms with E-state index in [0.717, 1.165) is 54.3 Å². The van der Waals surface area contributed by atoms with Crippen molar-refractivity contribution in [1.29, 1.82) is 0 Å². The Kier molecular flexibility index (Phi) is 6.74. The standard InChI is InChI=1S/C26H29N7O2/c1-35-22-9-7-21(8-10-22)31-13-15-32(16-14-31)25-23-18-30-33(26(23)29-19-28-25)12-11-27-24(34)17-20-5-3-2-4-6-20/h2-10,18-19H,11-17H2,1H3,(H,27,34). The van der Waals surface area contributed by atoms with Crippen molar-refractivity contribution >= 4 is 28.4 Å². The van der Waals surface area contributed by atoms with E-state index in [2.05, 4.69) is 42.3 Å². The number of carbonyl (C=O) groups excluding carboxylic acids is 1. The van der Waals surface area contributed by atoms with E-state index in [9.17, 15) is 4.79 Å². The molecular weight excluding hydrogens is 442 g/mol. The van der Waals surface area contributed by atoms with Crippen molar-refractivity contribution in [2.75, 3.05) is 49.6 Å². The van der Waals surface area contributed by atoms with E-state index >= 15 is 0 Å². The summed E-state index contributed by atoms with van der Waals surface area (Å²) in [6, 6.07) is 17.9. The lowest BCUT2D eigenvalue weighted by atomic mass is 10.1. The molecule has 2 aromatic heterocycles. The summed E-state index contributed by atoms with van der Waals surface area (Å²) in [4.78, 5) is 25.9. The van der Waals surface area contributed by atoms with Gasteiger partial charge < -0.3 is 19.9 Å². The SMILES string of the molecule is COc1ccc(N2CCN(c3ncnc4c3cnn4CCNC(=O)Cc3ccccc3)CC2)cc1. The molecule has 0 bridgehead atoms. The summed E-state index contributed by atoms with van der Waals surface area (Å²) in [5.41, 5.74) is 2.98. The van der Waals surface area contributed by atoms with E-state index in [1.54, 1.807) is 13.4 Å². The van der Waals surface area contributed by atoms with Gasteiger partial charge in [-0.3, -0.25) is 4.79 Å². The van der Waals surface area contributed by atoms with Crippen LogP contribution < -0.4 is 19.9 Å². The number of nitrogens with zero attached hydrogens (tertiary/aromatic N) is 6. The lowest BCUT2D eigenvalue weighted by Crippen LogP contribution is -2.46. The zero-order valence-electron chi connectivity index (χ0n) is 19.8. The first-order chi connectivity index (χ1) is 17.2.